The molecule has 0 radical (unpaired) electrons. The number of nitrogens with zero attached hydrogens (tertiary/aromatic N) is 2. The molecule has 2 aromatic rings. The molecule has 5 nitrogen and oxygen atoms in total. The maximum absolute atomic E-state index is 12.8. The van der Waals surface area contributed by atoms with Gasteiger partial charge in [-0.1, -0.05) is 30.3 Å². The van der Waals surface area contributed by atoms with E-state index in [9.17, 15) is 9.59 Å². The summed E-state index contributed by atoms with van der Waals surface area (Å²) in [6, 6.07) is 11.3. The molecule has 1 fully saturated rings. The Hall–Kier alpha value is -2.79. The second-order valence-electron chi connectivity index (χ2n) is 5.80. The number of fused-ring (bicyclic) bond motifs is 1. The van der Waals surface area contributed by atoms with Crippen molar-refractivity contribution in [2.24, 2.45) is 0 Å². The van der Waals surface area contributed by atoms with Crippen molar-refractivity contribution in [2.45, 2.75) is 0 Å². The maximum atomic E-state index is 12.8. The molecule has 0 amide bonds. The van der Waals surface area contributed by atoms with Crippen LogP contribution in [0.15, 0.2) is 54.4 Å². The van der Waals surface area contributed by atoms with Gasteiger partial charge in [0.05, 0.1) is 30.2 Å². The van der Waals surface area contributed by atoms with Crippen LogP contribution in [0.3, 0.4) is 0 Å². The number of allylic oxidation sites excluding steroid dienone is 2. The van der Waals surface area contributed by atoms with Crippen LogP contribution in [0.4, 0.5) is 0 Å². The van der Waals surface area contributed by atoms with Crippen LogP contribution in [-0.2, 0) is 4.74 Å². The zero-order valence-corrected chi connectivity index (χ0v) is 13.1. The predicted octanol–water partition coefficient (Wildman–Crippen LogP) is 2.34. The molecule has 5 heteroatoms. The van der Waals surface area contributed by atoms with Gasteiger partial charge in [0, 0.05) is 36.5 Å². The summed E-state index contributed by atoms with van der Waals surface area (Å²) in [4.78, 5) is 31.6. The van der Waals surface area contributed by atoms with Gasteiger partial charge in [-0.2, -0.15) is 0 Å². The lowest BCUT2D eigenvalue weighted by molar-refractivity contribution is 0.0501. The molecule has 1 aliphatic carbocycles. The Morgan fingerprint density at radius 3 is 2.50 bits per heavy atom. The summed E-state index contributed by atoms with van der Waals surface area (Å²) in [5, 5.41) is 0. The highest BCUT2D eigenvalue weighted by atomic mass is 16.5. The standard InChI is InChI=1S/C19H16N2O3/c22-18-11-17(21-6-8-24-9-7-21)19(23)15-12-20-16(10-14(15)18)13-4-2-1-3-5-13/h1-5,10-12H,6-9H2. The fourth-order valence-electron chi connectivity index (χ4n) is 3.05. The van der Waals surface area contributed by atoms with Gasteiger partial charge in [0.2, 0.25) is 5.78 Å². The summed E-state index contributed by atoms with van der Waals surface area (Å²) in [7, 11) is 0. The van der Waals surface area contributed by atoms with Crippen molar-refractivity contribution in [1.82, 2.24) is 9.88 Å². The zero-order valence-electron chi connectivity index (χ0n) is 13.1. The minimum Gasteiger partial charge on any atom is -0.378 e. The Kier molecular flexibility index (Phi) is 3.70. The molecule has 1 saturated heterocycles. The second-order valence-corrected chi connectivity index (χ2v) is 5.80. The Balaban J connectivity index is 1.71. The number of ether oxygens (including phenoxy) is 1. The number of Topliss-reactive ketones (excluding diaryl/α,β-unsaturated/α-hetero) is 1. The number of pyridine rings is 1. The molecular formula is C19H16N2O3. The first-order valence-electron chi connectivity index (χ1n) is 7.93. The third-order valence-corrected chi connectivity index (χ3v) is 4.34. The van der Waals surface area contributed by atoms with E-state index in [2.05, 4.69) is 4.98 Å². The Labute approximate surface area is 139 Å². The van der Waals surface area contributed by atoms with Crippen molar-refractivity contribution in [3.8, 4) is 11.3 Å². The predicted molar refractivity (Wildman–Crippen MR) is 88.8 cm³/mol. The van der Waals surface area contributed by atoms with Crippen molar-refractivity contribution >= 4 is 11.6 Å². The molecule has 0 atom stereocenters. The number of morpholine rings is 1. The monoisotopic (exact) mass is 320 g/mol. The van der Waals surface area contributed by atoms with Crippen LogP contribution in [-0.4, -0.2) is 47.8 Å². The van der Waals surface area contributed by atoms with Crippen LogP contribution in [0.5, 0.6) is 0 Å². The molecule has 0 saturated carbocycles. The molecule has 120 valence electrons. The fourth-order valence-corrected chi connectivity index (χ4v) is 3.05. The number of benzene rings is 1. The molecular weight excluding hydrogens is 304 g/mol. The molecule has 24 heavy (non-hydrogen) atoms. The number of aromatic nitrogens is 1. The van der Waals surface area contributed by atoms with E-state index in [4.69, 9.17) is 4.74 Å². The average molecular weight is 320 g/mol. The quantitative estimate of drug-likeness (QED) is 0.850. The average Bonchev–Trinajstić information content (AvgIpc) is 2.66. The first-order valence-corrected chi connectivity index (χ1v) is 7.93. The van der Waals surface area contributed by atoms with Crippen molar-refractivity contribution in [3.05, 3.63) is 65.5 Å². The number of rotatable bonds is 2. The van der Waals surface area contributed by atoms with Crippen molar-refractivity contribution < 1.29 is 14.3 Å². The van der Waals surface area contributed by atoms with Gasteiger partial charge in [0.1, 0.15) is 0 Å². The van der Waals surface area contributed by atoms with Crippen molar-refractivity contribution in [2.75, 3.05) is 26.3 Å². The largest absolute Gasteiger partial charge is 0.378 e. The lowest BCUT2D eigenvalue weighted by atomic mass is 9.92. The molecule has 0 bridgehead atoms. The lowest BCUT2D eigenvalue weighted by Crippen LogP contribution is -2.39. The van der Waals surface area contributed by atoms with Gasteiger partial charge in [0.25, 0.3) is 0 Å². The van der Waals surface area contributed by atoms with Crippen molar-refractivity contribution in [1.29, 1.82) is 0 Å². The third kappa shape index (κ3) is 2.53. The Morgan fingerprint density at radius 2 is 1.75 bits per heavy atom. The Morgan fingerprint density at radius 1 is 1.00 bits per heavy atom. The second kappa shape index (κ2) is 6.02. The molecule has 0 N–H and O–H groups in total. The number of carbonyl (C=O) groups is 2. The number of carbonyl (C=O) groups excluding carboxylic acids is 2. The lowest BCUT2D eigenvalue weighted by Gasteiger charge is -2.31. The van der Waals surface area contributed by atoms with Gasteiger partial charge in [-0.15, -0.1) is 0 Å². The summed E-state index contributed by atoms with van der Waals surface area (Å²) < 4.78 is 5.31. The van der Waals surface area contributed by atoms with E-state index in [1.165, 1.54) is 12.3 Å². The molecule has 4 rings (SSSR count). The first-order chi connectivity index (χ1) is 11.7. The molecule has 0 unspecified atom stereocenters. The molecule has 2 aliphatic rings. The highest BCUT2D eigenvalue weighted by molar-refractivity contribution is 6.24. The highest BCUT2D eigenvalue weighted by Gasteiger charge is 2.30. The van der Waals surface area contributed by atoms with Gasteiger partial charge in [-0.3, -0.25) is 14.6 Å². The first kappa shape index (κ1) is 14.8. The minimum atomic E-state index is -0.148. The van der Waals surface area contributed by atoms with E-state index < -0.39 is 0 Å². The SMILES string of the molecule is O=C1C=C(N2CCOCC2)C(=O)c2cnc(-c3ccccc3)cc21. The van der Waals surface area contributed by atoms with Crippen LogP contribution >= 0.6 is 0 Å². The summed E-state index contributed by atoms with van der Waals surface area (Å²) in [6.45, 7) is 2.37. The van der Waals surface area contributed by atoms with E-state index in [1.54, 1.807) is 6.07 Å². The summed E-state index contributed by atoms with van der Waals surface area (Å²) in [5.74, 6) is -0.288. The molecule has 2 heterocycles. The summed E-state index contributed by atoms with van der Waals surface area (Å²) >= 11 is 0. The highest BCUT2D eigenvalue weighted by Crippen LogP contribution is 2.27. The summed E-state index contributed by atoms with van der Waals surface area (Å²) in [5.41, 5.74) is 2.86. The van der Waals surface area contributed by atoms with E-state index >= 15 is 0 Å². The van der Waals surface area contributed by atoms with E-state index in [-0.39, 0.29) is 11.6 Å². The van der Waals surface area contributed by atoms with Crippen LogP contribution < -0.4 is 0 Å². The smallest absolute Gasteiger partial charge is 0.211 e. The van der Waals surface area contributed by atoms with Crippen molar-refractivity contribution in [3.63, 3.8) is 0 Å². The normalized spacial score (nSPS) is 17.5. The maximum Gasteiger partial charge on any atom is 0.211 e. The summed E-state index contributed by atoms with van der Waals surface area (Å²) in [6.07, 6.45) is 2.97. The molecule has 1 aromatic carbocycles. The number of hydrogen-bond donors (Lipinski definition) is 0. The number of ketones is 2. The van der Waals surface area contributed by atoms with E-state index in [1.807, 2.05) is 35.2 Å². The van der Waals surface area contributed by atoms with Gasteiger partial charge in [-0.25, -0.2) is 0 Å². The van der Waals surface area contributed by atoms with E-state index in [0.717, 1.165) is 5.56 Å². The topological polar surface area (TPSA) is 59.5 Å². The molecule has 1 aromatic heterocycles. The zero-order chi connectivity index (χ0) is 16.5. The van der Waals surface area contributed by atoms with Crippen LogP contribution in [0, 0.1) is 0 Å². The third-order valence-electron chi connectivity index (χ3n) is 4.34. The van der Waals surface area contributed by atoms with Gasteiger partial charge < -0.3 is 9.64 Å². The van der Waals surface area contributed by atoms with Crippen LogP contribution in [0.1, 0.15) is 20.7 Å². The van der Waals surface area contributed by atoms with Crippen LogP contribution in [0.25, 0.3) is 11.3 Å². The molecule has 1 aliphatic heterocycles. The van der Waals surface area contributed by atoms with Gasteiger partial charge in [-0.05, 0) is 6.07 Å². The fraction of sp³-hybridized carbons (Fsp3) is 0.211. The van der Waals surface area contributed by atoms with Gasteiger partial charge in [0.15, 0.2) is 5.78 Å². The van der Waals surface area contributed by atoms with E-state index in [0.29, 0.717) is 48.8 Å². The van der Waals surface area contributed by atoms with Gasteiger partial charge >= 0.3 is 0 Å². The molecule has 0 spiro atoms. The minimum absolute atomic E-state index is 0.140. The number of hydrogen-bond acceptors (Lipinski definition) is 5. The Bertz CT molecular complexity index is 837. The van der Waals surface area contributed by atoms with Crippen LogP contribution in [0.2, 0.25) is 0 Å².